The van der Waals surface area contributed by atoms with Crippen LogP contribution in [0.15, 0.2) is 12.2 Å². The Morgan fingerprint density at radius 2 is 1.80 bits per heavy atom. The zero-order valence-electron chi connectivity index (χ0n) is 7.22. The highest BCUT2D eigenvalue weighted by molar-refractivity contribution is 4.82. The minimum Gasteiger partial charge on any atom is -0.392 e. The van der Waals surface area contributed by atoms with E-state index in [0.29, 0.717) is 5.41 Å². The van der Waals surface area contributed by atoms with Crippen LogP contribution in [-0.4, -0.2) is 11.7 Å². The molecule has 10 heavy (non-hydrogen) atoms. The van der Waals surface area contributed by atoms with Crippen LogP contribution in [0.1, 0.15) is 33.6 Å². The van der Waals surface area contributed by atoms with Crippen LogP contribution in [0.25, 0.3) is 0 Å². The molecule has 0 aliphatic carbocycles. The first-order chi connectivity index (χ1) is 4.56. The summed E-state index contributed by atoms with van der Waals surface area (Å²) in [5, 5.41) is 8.41. The molecule has 0 spiro atoms. The van der Waals surface area contributed by atoms with E-state index in [1.165, 1.54) is 6.42 Å². The Kier molecular flexibility index (Phi) is 4.37. The number of aliphatic hydroxyl groups excluding tert-OH is 1. The highest BCUT2D eigenvalue weighted by Gasteiger charge is 2.07. The van der Waals surface area contributed by atoms with Crippen molar-refractivity contribution in [2.24, 2.45) is 5.41 Å². The first-order valence-electron chi connectivity index (χ1n) is 3.82. The Morgan fingerprint density at radius 3 is 2.20 bits per heavy atom. The lowest BCUT2D eigenvalue weighted by molar-refractivity contribution is 0.341. The van der Waals surface area contributed by atoms with Crippen LogP contribution < -0.4 is 0 Å². The van der Waals surface area contributed by atoms with Gasteiger partial charge < -0.3 is 5.11 Å². The Labute approximate surface area is 63.8 Å². The molecule has 0 unspecified atom stereocenters. The van der Waals surface area contributed by atoms with Gasteiger partial charge in [-0.1, -0.05) is 32.9 Å². The third-order valence-corrected chi connectivity index (χ3v) is 1.33. The van der Waals surface area contributed by atoms with Gasteiger partial charge in [0.1, 0.15) is 0 Å². The van der Waals surface area contributed by atoms with Crippen molar-refractivity contribution in [3.63, 3.8) is 0 Å². The van der Waals surface area contributed by atoms with E-state index in [0.717, 1.165) is 6.42 Å². The van der Waals surface area contributed by atoms with Gasteiger partial charge in [-0.05, 0) is 18.3 Å². The largest absolute Gasteiger partial charge is 0.392 e. The average Bonchev–Trinajstić information content (AvgIpc) is 1.78. The standard InChI is InChI=1S/C9H18O/c1-9(2,3)7-5-4-6-8-10/h4,6,10H,5,7-8H2,1-3H3. The van der Waals surface area contributed by atoms with E-state index >= 15 is 0 Å². The van der Waals surface area contributed by atoms with Gasteiger partial charge in [-0.3, -0.25) is 0 Å². The lowest BCUT2D eigenvalue weighted by Crippen LogP contribution is -2.02. The third kappa shape index (κ3) is 7.70. The van der Waals surface area contributed by atoms with Crippen molar-refractivity contribution in [1.82, 2.24) is 0 Å². The van der Waals surface area contributed by atoms with Crippen LogP contribution in [0, 0.1) is 5.41 Å². The molecule has 0 heterocycles. The molecule has 1 heteroatoms. The number of hydrogen-bond donors (Lipinski definition) is 1. The molecule has 0 aromatic heterocycles. The minimum absolute atomic E-state index is 0.171. The molecule has 60 valence electrons. The monoisotopic (exact) mass is 142 g/mol. The van der Waals surface area contributed by atoms with Gasteiger partial charge >= 0.3 is 0 Å². The molecule has 0 aromatic rings. The molecule has 0 fully saturated rings. The van der Waals surface area contributed by atoms with Crippen LogP contribution >= 0.6 is 0 Å². The van der Waals surface area contributed by atoms with Crippen LogP contribution in [-0.2, 0) is 0 Å². The average molecular weight is 142 g/mol. The number of allylic oxidation sites excluding steroid dienone is 1. The SMILES string of the molecule is CC(C)(C)CCC=CCO. The van der Waals surface area contributed by atoms with E-state index < -0.39 is 0 Å². The quantitative estimate of drug-likeness (QED) is 0.600. The van der Waals surface area contributed by atoms with E-state index in [-0.39, 0.29) is 6.61 Å². The second kappa shape index (κ2) is 4.51. The number of rotatable bonds is 3. The molecule has 0 atom stereocenters. The van der Waals surface area contributed by atoms with Crippen molar-refractivity contribution in [3.8, 4) is 0 Å². The van der Waals surface area contributed by atoms with Crippen molar-refractivity contribution in [2.45, 2.75) is 33.6 Å². The van der Waals surface area contributed by atoms with E-state index in [1.807, 2.05) is 6.08 Å². The van der Waals surface area contributed by atoms with Crippen molar-refractivity contribution in [1.29, 1.82) is 0 Å². The van der Waals surface area contributed by atoms with Gasteiger partial charge in [0.2, 0.25) is 0 Å². The van der Waals surface area contributed by atoms with Gasteiger partial charge in [0, 0.05) is 0 Å². The summed E-state index contributed by atoms with van der Waals surface area (Å²) in [6.07, 6.45) is 6.09. The summed E-state index contributed by atoms with van der Waals surface area (Å²) < 4.78 is 0. The van der Waals surface area contributed by atoms with Gasteiger partial charge in [-0.15, -0.1) is 0 Å². The van der Waals surface area contributed by atoms with Gasteiger partial charge in [0.25, 0.3) is 0 Å². The Balaban J connectivity index is 3.28. The Hall–Kier alpha value is -0.300. The first kappa shape index (κ1) is 9.70. The summed E-state index contributed by atoms with van der Waals surface area (Å²) in [6, 6.07) is 0. The lowest BCUT2D eigenvalue weighted by atomic mass is 9.90. The number of aliphatic hydroxyl groups is 1. The fraction of sp³-hybridized carbons (Fsp3) is 0.778. The van der Waals surface area contributed by atoms with Crippen LogP contribution in [0.4, 0.5) is 0 Å². The normalized spacial score (nSPS) is 12.8. The summed E-state index contributed by atoms with van der Waals surface area (Å²) in [5.74, 6) is 0. The predicted molar refractivity (Wildman–Crippen MR) is 44.9 cm³/mol. The summed E-state index contributed by atoms with van der Waals surface area (Å²) >= 11 is 0. The molecule has 0 aromatic carbocycles. The molecule has 0 bridgehead atoms. The Morgan fingerprint density at radius 1 is 1.20 bits per heavy atom. The number of hydrogen-bond acceptors (Lipinski definition) is 1. The van der Waals surface area contributed by atoms with E-state index in [2.05, 4.69) is 20.8 Å². The van der Waals surface area contributed by atoms with Gasteiger partial charge in [-0.25, -0.2) is 0 Å². The molecule has 1 N–H and O–H groups in total. The van der Waals surface area contributed by atoms with Crippen molar-refractivity contribution >= 4 is 0 Å². The maximum Gasteiger partial charge on any atom is 0.0612 e. The van der Waals surface area contributed by atoms with Gasteiger partial charge in [0.15, 0.2) is 0 Å². The smallest absolute Gasteiger partial charge is 0.0612 e. The molecular weight excluding hydrogens is 124 g/mol. The highest BCUT2D eigenvalue weighted by atomic mass is 16.2. The molecule has 1 nitrogen and oxygen atoms in total. The first-order valence-corrected chi connectivity index (χ1v) is 3.82. The predicted octanol–water partition coefficient (Wildman–Crippen LogP) is 2.36. The fourth-order valence-electron chi connectivity index (χ4n) is 0.709. The maximum absolute atomic E-state index is 8.41. The summed E-state index contributed by atoms with van der Waals surface area (Å²) in [7, 11) is 0. The molecule has 0 saturated carbocycles. The molecular formula is C9H18O. The van der Waals surface area contributed by atoms with Crippen LogP contribution in [0.3, 0.4) is 0 Å². The summed E-state index contributed by atoms with van der Waals surface area (Å²) in [4.78, 5) is 0. The van der Waals surface area contributed by atoms with Gasteiger partial charge in [0.05, 0.1) is 6.61 Å². The Bertz CT molecular complexity index is 97.8. The van der Waals surface area contributed by atoms with E-state index in [1.54, 1.807) is 6.08 Å². The second-order valence-corrected chi connectivity index (χ2v) is 3.75. The van der Waals surface area contributed by atoms with E-state index in [4.69, 9.17) is 5.11 Å². The molecule has 0 amide bonds. The molecule has 0 aliphatic heterocycles. The molecule has 0 aliphatic rings. The van der Waals surface area contributed by atoms with Crippen LogP contribution in [0.5, 0.6) is 0 Å². The van der Waals surface area contributed by atoms with Crippen molar-refractivity contribution in [2.75, 3.05) is 6.61 Å². The van der Waals surface area contributed by atoms with E-state index in [9.17, 15) is 0 Å². The molecule has 0 rings (SSSR count). The summed E-state index contributed by atoms with van der Waals surface area (Å²) in [5.41, 5.74) is 0.416. The minimum atomic E-state index is 0.171. The van der Waals surface area contributed by atoms with Crippen molar-refractivity contribution in [3.05, 3.63) is 12.2 Å². The summed E-state index contributed by atoms with van der Waals surface area (Å²) in [6.45, 7) is 6.84. The van der Waals surface area contributed by atoms with Crippen molar-refractivity contribution < 1.29 is 5.11 Å². The third-order valence-electron chi connectivity index (χ3n) is 1.33. The fourth-order valence-corrected chi connectivity index (χ4v) is 0.709. The van der Waals surface area contributed by atoms with Crippen LogP contribution in [0.2, 0.25) is 0 Å². The zero-order valence-corrected chi connectivity index (χ0v) is 7.22. The zero-order chi connectivity index (χ0) is 8.04. The molecule has 0 radical (unpaired) electrons. The topological polar surface area (TPSA) is 20.2 Å². The second-order valence-electron chi connectivity index (χ2n) is 3.75. The van der Waals surface area contributed by atoms with Gasteiger partial charge in [-0.2, -0.15) is 0 Å². The maximum atomic E-state index is 8.41. The highest BCUT2D eigenvalue weighted by Crippen LogP contribution is 2.20. The lowest BCUT2D eigenvalue weighted by Gasteiger charge is -2.15. The molecule has 0 saturated heterocycles.